The Labute approximate surface area is 120 Å². The number of carboxylic acid groups (broad SMARTS) is 1. The Bertz CT molecular complexity index is 382. The lowest BCUT2D eigenvalue weighted by Crippen LogP contribution is -2.57. The Hall–Kier alpha value is -1.30. The molecule has 0 spiro atoms. The van der Waals surface area contributed by atoms with Gasteiger partial charge in [0.25, 0.3) is 0 Å². The molecule has 2 rings (SSSR count). The topological polar surface area (TPSA) is 64.1 Å². The average Bonchev–Trinajstić information content (AvgIpc) is 2.72. The summed E-state index contributed by atoms with van der Waals surface area (Å²) in [4.78, 5) is 29.0. The number of rotatable bonds is 4. The molecule has 0 radical (unpaired) electrons. The molecule has 2 saturated heterocycles. The van der Waals surface area contributed by atoms with Crippen LogP contribution in [0.4, 0.5) is 4.79 Å². The van der Waals surface area contributed by atoms with Gasteiger partial charge in [-0.1, -0.05) is 6.92 Å². The number of urea groups is 1. The van der Waals surface area contributed by atoms with Crippen LogP contribution in [-0.4, -0.2) is 78.1 Å². The molecular formula is C14H25N3O3. The highest BCUT2D eigenvalue weighted by Crippen LogP contribution is 2.25. The van der Waals surface area contributed by atoms with Gasteiger partial charge in [0.05, 0.1) is 5.92 Å². The Balaban J connectivity index is 1.77. The van der Waals surface area contributed by atoms with Crippen molar-refractivity contribution < 1.29 is 14.7 Å². The fraction of sp³-hybridized carbons (Fsp3) is 0.857. The van der Waals surface area contributed by atoms with Crippen molar-refractivity contribution in [3.05, 3.63) is 0 Å². The minimum absolute atomic E-state index is 0.0270. The molecule has 0 saturated carbocycles. The third kappa shape index (κ3) is 3.06. The zero-order chi connectivity index (χ0) is 14.9. The maximum absolute atomic E-state index is 12.2. The van der Waals surface area contributed by atoms with Crippen LogP contribution in [0.5, 0.6) is 0 Å². The van der Waals surface area contributed by atoms with Crippen molar-refractivity contribution in [3.8, 4) is 0 Å². The second-order valence-corrected chi connectivity index (χ2v) is 6.23. The highest BCUT2D eigenvalue weighted by atomic mass is 16.4. The number of carbonyl (C=O) groups is 2. The predicted octanol–water partition coefficient (Wildman–Crippen LogP) is 0.785. The summed E-state index contributed by atoms with van der Waals surface area (Å²) in [7, 11) is 3.94. The van der Waals surface area contributed by atoms with Crippen molar-refractivity contribution in [1.82, 2.24) is 14.7 Å². The van der Waals surface area contributed by atoms with E-state index in [1.165, 1.54) is 6.42 Å². The number of hydrogen-bond donors (Lipinski definition) is 1. The van der Waals surface area contributed by atoms with Crippen LogP contribution in [0.3, 0.4) is 0 Å². The van der Waals surface area contributed by atoms with Crippen LogP contribution in [-0.2, 0) is 4.79 Å². The molecule has 20 heavy (non-hydrogen) atoms. The number of carboxylic acids is 1. The SMILES string of the molecule is CC(C(=O)O)C1CN(C(=O)N(C)CC2CCCN2C)C1. The van der Waals surface area contributed by atoms with Gasteiger partial charge in [-0.05, 0) is 26.4 Å². The molecule has 1 N–H and O–H groups in total. The Morgan fingerprint density at radius 1 is 1.40 bits per heavy atom. The first-order valence-electron chi connectivity index (χ1n) is 7.33. The molecule has 2 atom stereocenters. The number of likely N-dealkylation sites (N-methyl/N-ethyl adjacent to an activating group) is 2. The number of amides is 2. The normalized spacial score (nSPS) is 25.4. The first-order valence-corrected chi connectivity index (χ1v) is 7.33. The van der Waals surface area contributed by atoms with Crippen LogP contribution in [0, 0.1) is 11.8 Å². The summed E-state index contributed by atoms with van der Waals surface area (Å²) in [6.07, 6.45) is 2.35. The summed E-state index contributed by atoms with van der Waals surface area (Å²) in [5, 5.41) is 8.95. The Morgan fingerprint density at radius 2 is 2.05 bits per heavy atom. The van der Waals surface area contributed by atoms with Crippen LogP contribution in [0.25, 0.3) is 0 Å². The van der Waals surface area contributed by atoms with Gasteiger partial charge in [-0.25, -0.2) is 4.79 Å². The molecule has 114 valence electrons. The number of nitrogens with zero attached hydrogens (tertiary/aromatic N) is 3. The van der Waals surface area contributed by atoms with E-state index in [0.29, 0.717) is 19.1 Å². The summed E-state index contributed by atoms with van der Waals surface area (Å²) in [6, 6.07) is 0.484. The van der Waals surface area contributed by atoms with Crippen molar-refractivity contribution in [2.75, 3.05) is 40.3 Å². The van der Waals surface area contributed by atoms with E-state index in [9.17, 15) is 9.59 Å². The van der Waals surface area contributed by atoms with E-state index in [1.807, 2.05) is 7.05 Å². The fourth-order valence-corrected chi connectivity index (χ4v) is 3.03. The summed E-state index contributed by atoms with van der Waals surface area (Å²) in [6.45, 7) is 4.71. The molecule has 2 amide bonds. The van der Waals surface area contributed by atoms with Crippen LogP contribution >= 0.6 is 0 Å². The number of likely N-dealkylation sites (tertiary alicyclic amines) is 2. The van der Waals surface area contributed by atoms with Crippen molar-refractivity contribution in [1.29, 1.82) is 0 Å². The zero-order valence-electron chi connectivity index (χ0n) is 12.6. The Kier molecular flexibility index (Phi) is 4.52. The lowest BCUT2D eigenvalue weighted by Gasteiger charge is -2.43. The van der Waals surface area contributed by atoms with Crippen LogP contribution in [0.1, 0.15) is 19.8 Å². The number of carbonyl (C=O) groups excluding carboxylic acids is 1. The van der Waals surface area contributed by atoms with Crippen molar-refractivity contribution in [2.45, 2.75) is 25.8 Å². The molecule has 2 aliphatic heterocycles. The molecule has 2 aliphatic rings. The van der Waals surface area contributed by atoms with E-state index in [0.717, 1.165) is 19.5 Å². The van der Waals surface area contributed by atoms with Gasteiger partial charge in [-0.3, -0.25) is 4.79 Å². The largest absolute Gasteiger partial charge is 0.481 e. The van der Waals surface area contributed by atoms with Gasteiger partial charge in [-0.2, -0.15) is 0 Å². The van der Waals surface area contributed by atoms with E-state index in [-0.39, 0.29) is 17.9 Å². The summed E-state index contributed by atoms with van der Waals surface area (Å²) in [5.74, 6) is -1.05. The molecule has 2 fully saturated rings. The molecule has 0 aromatic rings. The smallest absolute Gasteiger partial charge is 0.319 e. The zero-order valence-corrected chi connectivity index (χ0v) is 12.6. The molecule has 6 nitrogen and oxygen atoms in total. The van der Waals surface area contributed by atoms with E-state index in [1.54, 1.807) is 16.7 Å². The molecule has 0 bridgehead atoms. The van der Waals surface area contributed by atoms with Gasteiger partial charge in [0.15, 0.2) is 0 Å². The molecule has 0 aliphatic carbocycles. The highest BCUT2D eigenvalue weighted by Gasteiger charge is 2.38. The first kappa shape index (κ1) is 15.1. The van der Waals surface area contributed by atoms with Crippen molar-refractivity contribution in [2.24, 2.45) is 11.8 Å². The molecule has 2 unspecified atom stereocenters. The summed E-state index contributed by atoms with van der Waals surface area (Å²) in [5.41, 5.74) is 0. The molecule has 6 heteroatoms. The Morgan fingerprint density at radius 3 is 2.55 bits per heavy atom. The van der Waals surface area contributed by atoms with E-state index in [2.05, 4.69) is 11.9 Å². The molecular weight excluding hydrogens is 258 g/mol. The van der Waals surface area contributed by atoms with Gasteiger partial charge < -0.3 is 19.8 Å². The van der Waals surface area contributed by atoms with Crippen LogP contribution < -0.4 is 0 Å². The van der Waals surface area contributed by atoms with E-state index in [4.69, 9.17) is 5.11 Å². The lowest BCUT2D eigenvalue weighted by atomic mass is 9.87. The lowest BCUT2D eigenvalue weighted by molar-refractivity contribution is -0.144. The number of aliphatic carboxylic acids is 1. The average molecular weight is 283 g/mol. The van der Waals surface area contributed by atoms with Gasteiger partial charge in [0, 0.05) is 38.6 Å². The van der Waals surface area contributed by atoms with Gasteiger partial charge >= 0.3 is 12.0 Å². The fourth-order valence-electron chi connectivity index (χ4n) is 3.03. The second kappa shape index (κ2) is 5.99. The highest BCUT2D eigenvalue weighted by molar-refractivity contribution is 5.76. The van der Waals surface area contributed by atoms with Crippen molar-refractivity contribution >= 4 is 12.0 Å². The van der Waals surface area contributed by atoms with Gasteiger partial charge in [0.2, 0.25) is 0 Å². The standard InChI is InChI=1S/C14H25N3O3/c1-10(13(18)19)11-7-17(8-11)14(20)16(3)9-12-5-4-6-15(12)2/h10-12H,4-9H2,1-3H3,(H,18,19). The first-order chi connectivity index (χ1) is 9.40. The summed E-state index contributed by atoms with van der Waals surface area (Å²) >= 11 is 0. The molecule has 2 heterocycles. The van der Waals surface area contributed by atoms with Crippen molar-refractivity contribution in [3.63, 3.8) is 0 Å². The third-order valence-electron chi connectivity index (χ3n) is 4.76. The van der Waals surface area contributed by atoms with Gasteiger partial charge in [0.1, 0.15) is 0 Å². The summed E-state index contributed by atoms with van der Waals surface area (Å²) < 4.78 is 0. The monoisotopic (exact) mass is 283 g/mol. The minimum Gasteiger partial charge on any atom is -0.481 e. The number of hydrogen-bond acceptors (Lipinski definition) is 3. The third-order valence-corrected chi connectivity index (χ3v) is 4.76. The van der Waals surface area contributed by atoms with E-state index >= 15 is 0 Å². The van der Waals surface area contributed by atoms with E-state index < -0.39 is 5.97 Å². The predicted molar refractivity (Wildman–Crippen MR) is 75.5 cm³/mol. The molecule has 0 aromatic heterocycles. The maximum Gasteiger partial charge on any atom is 0.319 e. The minimum atomic E-state index is -0.775. The van der Waals surface area contributed by atoms with Gasteiger partial charge in [-0.15, -0.1) is 0 Å². The second-order valence-electron chi connectivity index (χ2n) is 6.23. The maximum atomic E-state index is 12.2. The molecule has 0 aromatic carbocycles. The van der Waals surface area contributed by atoms with Crippen LogP contribution in [0.2, 0.25) is 0 Å². The quantitative estimate of drug-likeness (QED) is 0.828. The van der Waals surface area contributed by atoms with Crippen LogP contribution in [0.15, 0.2) is 0 Å².